The van der Waals surface area contributed by atoms with Crippen LogP contribution in [0.5, 0.6) is 0 Å². The van der Waals surface area contributed by atoms with Crippen LogP contribution in [0.3, 0.4) is 0 Å². The molecule has 1 unspecified atom stereocenters. The zero-order chi connectivity index (χ0) is 12.8. The van der Waals surface area contributed by atoms with Crippen molar-refractivity contribution in [3.05, 3.63) is 16.3 Å². The smallest absolute Gasteiger partial charge is 0.155 e. The molecule has 0 aliphatic rings. The lowest BCUT2D eigenvalue weighted by atomic mass is 10.0. The molecule has 1 aromatic heterocycles. The van der Waals surface area contributed by atoms with Crippen LogP contribution in [0.4, 0.5) is 5.82 Å². The van der Waals surface area contributed by atoms with Gasteiger partial charge in [0, 0.05) is 13.2 Å². The molecule has 0 bridgehead atoms. The van der Waals surface area contributed by atoms with Crippen molar-refractivity contribution in [3.63, 3.8) is 0 Å². The summed E-state index contributed by atoms with van der Waals surface area (Å²) in [5.41, 5.74) is 1.99. The second kappa shape index (κ2) is 6.77. The van der Waals surface area contributed by atoms with E-state index in [0.717, 1.165) is 36.3 Å². The van der Waals surface area contributed by atoms with Gasteiger partial charge in [0.2, 0.25) is 0 Å². The number of aliphatic hydroxyl groups is 1. The Labute approximate surface area is 107 Å². The van der Waals surface area contributed by atoms with Crippen LogP contribution in [-0.2, 0) is 0 Å². The topological polar surface area (TPSA) is 58.0 Å². The third-order valence-corrected chi connectivity index (χ3v) is 3.50. The van der Waals surface area contributed by atoms with Crippen molar-refractivity contribution in [1.82, 2.24) is 10.2 Å². The second-order valence-electron chi connectivity index (χ2n) is 4.26. The average molecular weight is 258 g/mol. The minimum absolute atomic E-state index is 0.227. The quantitative estimate of drug-likeness (QED) is 0.822. The monoisotopic (exact) mass is 257 g/mol. The molecule has 1 heterocycles. The minimum Gasteiger partial charge on any atom is -0.396 e. The number of nitrogens with zero attached hydrogens (tertiary/aromatic N) is 2. The second-order valence-corrected chi connectivity index (χ2v) is 4.61. The fraction of sp³-hybridized carbons (Fsp3) is 0.667. The fourth-order valence-corrected chi connectivity index (χ4v) is 1.80. The molecular formula is C12H20ClN3O. The zero-order valence-electron chi connectivity index (χ0n) is 10.6. The highest BCUT2D eigenvalue weighted by Crippen LogP contribution is 2.21. The Hall–Kier alpha value is -0.870. The van der Waals surface area contributed by atoms with Crippen molar-refractivity contribution in [2.75, 3.05) is 18.5 Å². The third kappa shape index (κ3) is 3.82. The Morgan fingerprint density at radius 2 is 2.00 bits per heavy atom. The lowest BCUT2D eigenvalue weighted by Gasteiger charge is -2.16. The summed E-state index contributed by atoms with van der Waals surface area (Å²) in [5, 5.41) is 20.6. The molecule has 0 aliphatic carbocycles. The molecule has 2 N–H and O–H groups in total. The molecule has 1 atom stereocenters. The van der Waals surface area contributed by atoms with E-state index in [-0.39, 0.29) is 6.61 Å². The van der Waals surface area contributed by atoms with E-state index in [0.29, 0.717) is 11.1 Å². The summed E-state index contributed by atoms with van der Waals surface area (Å²) in [6, 6.07) is 0. The molecular weight excluding hydrogens is 238 g/mol. The Balaban J connectivity index is 2.66. The molecule has 0 saturated heterocycles. The van der Waals surface area contributed by atoms with E-state index in [2.05, 4.69) is 22.4 Å². The maximum atomic E-state index is 8.93. The summed E-state index contributed by atoms with van der Waals surface area (Å²) < 4.78 is 0. The molecule has 0 spiro atoms. The van der Waals surface area contributed by atoms with E-state index in [9.17, 15) is 0 Å². The van der Waals surface area contributed by atoms with Crippen LogP contribution in [0.2, 0.25) is 5.15 Å². The van der Waals surface area contributed by atoms with Crippen molar-refractivity contribution in [2.24, 2.45) is 5.92 Å². The molecule has 1 aromatic rings. The molecule has 5 heteroatoms. The van der Waals surface area contributed by atoms with Gasteiger partial charge in [-0.3, -0.25) is 0 Å². The number of halogens is 1. The van der Waals surface area contributed by atoms with Gasteiger partial charge >= 0.3 is 0 Å². The van der Waals surface area contributed by atoms with Gasteiger partial charge in [0.15, 0.2) is 11.0 Å². The summed E-state index contributed by atoms with van der Waals surface area (Å²) in [6.07, 6.45) is 1.84. The number of anilines is 1. The highest BCUT2D eigenvalue weighted by Gasteiger charge is 2.10. The fourth-order valence-electron chi connectivity index (χ4n) is 1.62. The number of nitrogens with one attached hydrogen (secondary N) is 1. The van der Waals surface area contributed by atoms with Crippen LogP contribution >= 0.6 is 11.6 Å². The highest BCUT2D eigenvalue weighted by molar-refractivity contribution is 6.30. The maximum absolute atomic E-state index is 8.93. The normalized spacial score (nSPS) is 12.5. The van der Waals surface area contributed by atoms with Gasteiger partial charge in [-0.2, -0.15) is 0 Å². The Morgan fingerprint density at radius 3 is 2.59 bits per heavy atom. The van der Waals surface area contributed by atoms with Gasteiger partial charge < -0.3 is 10.4 Å². The standard InChI is InChI=1S/C12H20ClN3O/c1-4-10(5-6-17)7-14-12-9(3)8(2)11(13)15-16-12/h10,17H,4-7H2,1-3H3,(H,14,16). The predicted molar refractivity (Wildman–Crippen MR) is 70.5 cm³/mol. The molecule has 0 saturated carbocycles. The number of aliphatic hydroxyl groups excluding tert-OH is 1. The summed E-state index contributed by atoms with van der Waals surface area (Å²) in [5.74, 6) is 1.24. The SMILES string of the molecule is CCC(CCO)CNc1nnc(Cl)c(C)c1C. The van der Waals surface area contributed by atoms with Crippen molar-refractivity contribution in [1.29, 1.82) is 0 Å². The first-order valence-electron chi connectivity index (χ1n) is 5.94. The molecule has 1 rings (SSSR count). The summed E-state index contributed by atoms with van der Waals surface area (Å²) in [4.78, 5) is 0. The summed E-state index contributed by atoms with van der Waals surface area (Å²) in [6.45, 7) is 7.06. The van der Waals surface area contributed by atoms with Crippen LogP contribution in [-0.4, -0.2) is 28.5 Å². The molecule has 0 aliphatic heterocycles. The van der Waals surface area contributed by atoms with Crippen molar-refractivity contribution in [3.8, 4) is 0 Å². The Morgan fingerprint density at radius 1 is 1.29 bits per heavy atom. The first-order valence-corrected chi connectivity index (χ1v) is 6.32. The zero-order valence-corrected chi connectivity index (χ0v) is 11.4. The van der Waals surface area contributed by atoms with Crippen molar-refractivity contribution < 1.29 is 5.11 Å². The maximum Gasteiger partial charge on any atom is 0.155 e. The van der Waals surface area contributed by atoms with Gasteiger partial charge in [-0.1, -0.05) is 24.9 Å². The molecule has 96 valence electrons. The number of aromatic nitrogens is 2. The highest BCUT2D eigenvalue weighted by atomic mass is 35.5. The summed E-state index contributed by atoms with van der Waals surface area (Å²) in [7, 11) is 0. The van der Waals surface area contributed by atoms with Gasteiger partial charge in [-0.25, -0.2) is 0 Å². The Kier molecular flexibility index (Phi) is 5.65. The van der Waals surface area contributed by atoms with Gasteiger partial charge in [-0.05, 0) is 37.3 Å². The minimum atomic E-state index is 0.227. The van der Waals surface area contributed by atoms with E-state index in [1.54, 1.807) is 0 Å². The lowest BCUT2D eigenvalue weighted by Crippen LogP contribution is -2.17. The largest absolute Gasteiger partial charge is 0.396 e. The number of rotatable bonds is 6. The van der Waals surface area contributed by atoms with Crippen LogP contribution in [0, 0.1) is 19.8 Å². The first kappa shape index (κ1) is 14.2. The van der Waals surface area contributed by atoms with Gasteiger partial charge in [-0.15, -0.1) is 10.2 Å². The van der Waals surface area contributed by atoms with Crippen molar-refractivity contribution >= 4 is 17.4 Å². The number of hydrogen-bond acceptors (Lipinski definition) is 4. The van der Waals surface area contributed by atoms with E-state index in [4.69, 9.17) is 16.7 Å². The molecule has 17 heavy (non-hydrogen) atoms. The average Bonchev–Trinajstić information content (AvgIpc) is 2.33. The number of hydrogen-bond donors (Lipinski definition) is 2. The molecule has 0 fully saturated rings. The van der Waals surface area contributed by atoms with Crippen LogP contribution in [0.25, 0.3) is 0 Å². The van der Waals surface area contributed by atoms with Crippen molar-refractivity contribution in [2.45, 2.75) is 33.6 Å². The third-order valence-electron chi connectivity index (χ3n) is 3.14. The van der Waals surface area contributed by atoms with E-state index in [1.807, 2.05) is 13.8 Å². The molecule has 4 nitrogen and oxygen atoms in total. The summed E-state index contributed by atoms with van der Waals surface area (Å²) >= 11 is 5.89. The molecule has 0 aromatic carbocycles. The Bertz CT molecular complexity index is 371. The van der Waals surface area contributed by atoms with E-state index in [1.165, 1.54) is 0 Å². The van der Waals surface area contributed by atoms with E-state index < -0.39 is 0 Å². The van der Waals surface area contributed by atoms with Crippen LogP contribution in [0.1, 0.15) is 30.9 Å². The van der Waals surface area contributed by atoms with Gasteiger partial charge in [0.05, 0.1) is 0 Å². The molecule has 0 amide bonds. The lowest BCUT2D eigenvalue weighted by molar-refractivity contribution is 0.258. The van der Waals surface area contributed by atoms with Gasteiger partial charge in [0.25, 0.3) is 0 Å². The predicted octanol–water partition coefficient (Wildman–Crippen LogP) is 2.57. The van der Waals surface area contributed by atoms with E-state index >= 15 is 0 Å². The van der Waals surface area contributed by atoms with Gasteiger partial charge in [0.1, 0.15) is 0 Å². The van der Waals surface area contributed by atoms with Crippen LogP contribution < -0.4 is 5.32 Å². The molecule has 0 radical (unpaired) electrons. The van der Waals surface area contributed by atoms with Crippen LogP contribution in [0.15, 0.2) is 0 Å². The first-order chi connectivity index (χ1) is 8.10.